The molecule has 0 bridgehead atoms. The van der Waals surface area contributed by atoms with Gasteiger partial charge in [0.15, 0.2) is 0 Å². The van der Waals surface area contributed by atoms with Crippen molar-refractivity contribution in [2.75, 3.05) is 9.80 Å². The molecule has 2 heteroatoms. The first-order valence-electron chi connectivity index (χ1n) is 15.8. The van der Waals surface area contributed by atoms with Crippen LogP contribution in [0.15, 0.2) is 109 Å². The van der Waals surface area contributed by atoms with E-state index in [2.05, 4.69) is 145 Å². The smallest absolute Gasteiger partial charge is 0.0775 e. The SMILES string of the molecule is CCCCc1ccc(N2c3cc4ccccc4cc3N(c3ccc(CCCC)cc3)C3C=c4ccccc4=CC32)cc1. The summed E-state index contributed by atoms with van der Waals surface area (Å²) in [5.41, 5.74) is 7.86. The van der Waals surface area contributed by atoms with Crippen molar-refractivity contribution in [3.8, 4) is 0 Å². The molecule has 0 saturated heterocycles. The zero-order chi connectivity index (χ0) is 28.5. The topological polar surface area (TPSA) is 6.48 Å². The first-order valence-corrected chi connectivity index (χ1v) is 15.8. The molecule has 2 aliphatic rings. The summed E-state index contributed by atoms with van der Waals surface area (Å²) in [5, 5.41) is 5.16. The maximum Gasteiger partial charge on any atom is 0.0775 e. The molecule has 0 fully saturated rings. The van der Waals surface area contributed by atoms with Crippen LogP contribution in [-0.2, 0) is 12.8 Å². The fraction of sp³-hybridized carbons (Fsp3) is 0.250. The molecule has 1 aliphatic carbocycles. The van der Waals surface area contributed by atoms with E-state index in [0.717, 1.165) is 12.8 Å². The van der Waals surface area contributed by atoms with E-state index in [1.54, 1.807) is 0 Å². The molecule has 210 valence electrons. The number of fused-ring (bicyclic) bond motifs is 4. The van der Waals surface area contributed by atoms with Gasteiger partial charge in [0, 0.05) is 11.4 Å². The summed E-state index contributed by atoms with van der Waals surface area (Å²) < 4.78 is 0. The zero-order valence-electron chi connectivity index (χ0n) is 24.8. The molecular formula is C40H40N2. The van der Waals surface area contributed by atoms with Gasteiger partial charge in [-0.1, -0.05) is 112 Å². The predicted molar refractivity (Wildman–Crippen MR) is 181 cm³/mol. The molecule has 5 aromatic rings. The molecule has 2 nitrogen and oxygen atoms in total. The molecule has 2 unspecified atom stereocenters. The lowest BCUT2D eigenvalue weighted by Crippen LogP contribution is -2.55. The normalized spacial score (nSPS) is 17.2. The molecule has 2 atom stereocenters. The Kier molecular flexibility index (Phi) is 7.30. The van der Waals surface area contributed by atoms with E-state index < -0.39 is 0 Å². The Hall–Kier alpha value is -4.30. The minimum atomic E-state index is 0.148. The van der Waals surface area contributed by atoms with E-state index in [1.807, 2.05) is 0 Å². The van der Waals surface area contributed by atoms with Crippen LogP contribution in [0, 0.1) is 0 Å². The highest BCUT2D eigenvalue weighted by molar-refractivity contribution is 5.98. The third-order valence-corrected chi connectivity index (χ3v) is 9.07. The molecule has 0 radical (unpaired) electrons. The number of aryl methyl sites for hydroxylation is 2. The van der Waals surface area contributed by atoms with Gasteiger partial charge in [0.25, 0.3) is 0 Å². The van der Waals surface area contributed by atoms with Crippen LogP contribution in [0.2, 0.25) is 0 Å². The fourth-order valence-corrected chi connectivity index (χ4v) is 6.79. The number of nitrogens with zero attached hydrogens (tertiary/aromatic N) is 2. The third-order valence-electron chi connectivity index (χ3n) is 9.07. The van der Waals surface area contributed by atoms with E-state index >= 15 is 0 Å². The number of anilines is 4. The molecule has 42 heavy (non-hydrogen) atoms. The maximum absolute atomic E-state index is 2.59. The summed E-state index contributed by atoms with van der Waals surface area (Å²) in [5.74, 6) is 0. The van der Waals surface area contributed by atoms with Crippen molar-refractivity contribution < 1.29 is 0 Å². The van der Waals surface area contributed by atoms with Crippen molar-refractivity contribution >= 4 is 45.7 Å². The largest absolute Gasteiger partial charge is 0.330 e. The Morgan fingerprint density at radius 2 is 0.905 bits per heavy atom. The number of hydrogen-bond acceptors (Lipinski definition) is 2. The lowest BCUT2D eigenvalue weighted by molar-refractivity contribution is 0.682. The van der Waals surface area contributed by atoms with Gasteiger partial charge in [-0.2, -0.15) is 0 Å². The Balaban J connectivity index is 1.44. The quantitative estimate of drug-likeness (QED) is 0.191. The minimum Gasteiger partial charge on any atom is -0.330 e. The lowest BCUT2D eigenvalue weighted by Gasteiger charge is -2.49. The second-order valence-corrected chi connectivity index (χ2v) is 11.9. The highest BCUT2D eigenvalue weighted by Crippen LogP contribution is 2.48. The molecule has 1 heterocycles. The highest BCUT2D eigenvalue weighted by Gasteiger charge is 2.39. The summed E-state index contributed by atoms with van der Waals surface area (Å²) in [6, 6.07) is 41.4. The first-order chi connectivity index (χ1) is 20.7. The molecule has 0 N–H and O–H groups in total. The average Bonchev–Trinajstić information content (AvgIpc) is 3.04. The van der Waals surface area contributed by atoms with Crippen molar-refractivity contribution in [2.45, 2.75) is 64.5 Å². The highest BCUT2D eigenvalue weighted by atomic mass is 15.3. The van der Waals surface area contributed by atoms with Crippen LogP contribution in [0.3, 0.4) is 0 Å². The van der Waals surface area contributed by atoms with Gasteiger partial charge in [0.2, 0.25) is 0 Å². The van der Waals surface area contributed by atoms with Crippen LogP contribution < -0.4 is 20.2 Å². The summed E-state index contributed by atoms with van der Waals surface area (Å²) >= 11 is 0. The van der Waals surface area contributed by atoms with Crippen molar-refractivity contribution in [1.29, 1.82) is 0 Å². The Morgan fingerprint density at radius 1 is 0.500 bits per heavy atom. The maximum atomic E-state index is 2.59. The Morgan fingerprint density at radius 3 is 1.31 bits per heavy atom. The van der Waals surface area contributed by atoms with Crippen LogP contribution in [0.4, 0.5) is 22.7 Å². The van der Waals surface area contributed by atoms with Crippen molar-refractivity contribution in [2.24, 2.45) is 0 Å². The molecule has 1 aliphatic heterocycles. The van der Waals surface area contributed by atoms with Gasteiger partial charge in [-0.15, -0.1) is 0 Å². The second-order valence-electron chi connectivity index (χ2n) is 11.9. The van der Waals surface area contributed by atoms with Gasteiger partial charge in [0.1, 0.15) is 0 Å². The minimum absolute atomic E-state index is 0.148. The summed E-state index contributed by atoms with van der Waals surface area (Å²) in [6.45, 7) is 4.53. The van der Waals surface area contributed by atoms with Crippen LogP contribution in [0.1, 0.15) is 50.7 Å². The number of rotatable bonds is 8. The zero-order valence-corrected chi connectivity index (χ0v) is 24.8. The van der Waals surface area contributed by atoms with Gasteiger partial charge in [-0.3, -0.25) is 0 Å². The monoisotopic (exact) mass is 548 g/mol. The summed E-state index contributed by atoms with van der Waals surface area (Å²) in [7, 11) is 0. The second kappa shape index (κ2) is 11.5. The number of hydrogen-bond donors (Lipinski definition) is 0. The fourth-order valence-electron chi connectivity index (χ4n) is 6.79. The van der Waals surface area contributed by atoms with E-state index in [-0.39, 0.29) is 12.1 Å². The number of unbranched alkanes of at least 4 members (excludes halogenated alkanes) is 2. The molecule has 0 aromatic heterocycles. The molecule has 0 amide bonds. The first kappa shape index (κ1) is 26.6. The lowest BCUT2D eigenvalue weighted by atomic mass is 9.89. The van der Waals surface area contributed by atoms with E-state index in [1.165, 1.54) is 80.8 Å². The number of benzene rings is 5. The molecular weight excluding hydrogens is 508 g/mol. The van der Waals surface area contributed by atoms with Crippen molar-refractivity contribution in [1.82, 2.24) is 0 Å². The Labute approximate surface area is 250 Å². The van der Waals surface area contributed by atoms with Crippen LogP contribution >= 0.6 is 0 Å². The van der Waals surface area contributed by atoms with E-state index in [9.17, 15) is 0 Å². The van der Waals surface area contributed by atoms with Crippen molar-refractivity contribution in [3.05, 3.63) is 131 Å². The van der Waals surface area contributed by atoms with E-state index in [4.69, 9.17) is 0 Å². The summed E-state index contributed by atoms with van der Waals surface area (Å²) in [4.78, 5) is 5.18. The molecule has 0 spiro atoms. The van der Waals surface area contributed by atoms with Gasteiger partial charge >= 0.3 is 0 Å². The van der Waals surface area contributed by atoms with Crippen LogP contribution in [0.5, 0.6) is 0 Å². The van der Waals surface area contributed by atoms with Gasteiger partial charge < -0.3 is 9.80 Å². The van der Waals surface area contributed by atoms with Crippen molar-refractivity contribution in [3.63, 3.8) is 0 Å². The van der Waals surface area contributed by atoms with Gasteiger partial charge in [-0.05, 0) is 94.4 Å². The Bertz CT molecular complexity index is 1680. The van der Waals surface area contributed by atoms with Gasteiger partial charge in [-0.25, -0.2) is 0 Å². The van der Waals surface area contributed by atoms with E-state index in [0.29, 0.717) is 0 Å². The third kappa shape index (κ3) is 4.90. The standard InChI is InChI=1S/C40H40N2/c1-3-5-11-29-17-21-35(22-18-29)41-37-25-31-13-7-9-15-33(31)27-39(37)42(36-23-19-30(20-24-36)12-6-4-2)40-28-34-16-10-8-14-32(34)26-38(40)41/h7-10,13-28,37,39H,3-6,11-12H2,1-2H3. The van der Waals surface area contributed by atoms with Crippen LogP contribution in [-0.4, -0.2) is 12.1 Å². The molecule has 5 aromatic carbocycles. The van der Waals surface area contributed by atoms with Crippen LogP contribution in [0.25, 0.3) is 22.9 Å². The summed E-state index contributed by atoms with van der Waals surface area (Å²) in [6.07, 6.45) is 12.2. The molecule has 0 saturated carbocycles. The van der Waals surface area contributed by atoms with Gasteiger partial charge in [0.05, 0.1) is 23.5 Å². The predicted octanol–water partition coefficient (Wildman–Crippen LogP) is 8.83. The average molecular weight is 549 g/mol. The molecule has 7 rings (SSSR count).